The quantitative estimate of drug-likeness (QED) is 0.845. The summed E-state index contributed by atoms with van der Waals surface area (Å²) < 4.78 is 5.67. The number of likely N-dealkylation sites (N-methyl/N-ethyl adjacent to an activating group) is 1. The smallest absolute Gasteiger partial charge is 0.251 e. The second-order valence-corrected chi connectivity index (χ2v) is 6.75. The summed E-state index contributed by atoms with van der Waals surface area (Å²) in [6.07, 6.45) is -0.000334. The van der Waals surface area contributed by atoms with E-state index in [1.54, 1.807) is 25.1 Å². The van der Waals surface area contributed by atoms with E-state index in [2.05, 4.69) is 20.2 Å². The number of ether oxygens (including phenoxy) is 1. The predicted molar refractivity (Wildman–Crippen MR) is 101 cm³/mol. The van der Waals surface area contributed by atoms with Gasteiger partial charge in [-0.25, -0.2) is 9.97 Å². The van der Waals surface area contributed by atoms with Gasteiger partial charge in [0.2, 0.25) is 5.95 Å². The van der Waals surface area contributed by atoms with Crippen LogP contribution in [0.15, 0.2) is 24.3 Å². The summed E-state index contributed by atoms with van der Waals surface area (Å²) in [6.45, 7) is 4.62. The first-order chi connectivity index (χ1) is 12.4. The molecule has 3 rings (SSSR count). The molecule has 1 atom stereocenters. The Balaban J connectivity index is 1.74. The Labute approximate surface area is 157 Å². The molecule has 1 saturated heterocycles. The van der Waals surface area contributed by atoms with Gasteiger partial charge < -0.3 is 20.7 Å². The minimum Gasteiger partial charge on any atom is -0.374 e. The average molecular weight is 376 g/mol. The first-order valence-corrected chi connectivity index (χ1v) is 8.80. The van der Waals surface area contributed by atoms with Crippen LogP contribution in [0.5, 0.6) is 0 Å². The number of benzene rings is 1. The number of nitrogens with two attached hydrogens (primary N) is 1. The van der Waals surface area contributed by atoms with Crippen molar-refractivity contribution in [3.05, 3.63) is 40.5 Å². The third kappa shape index (κ3) is 4.30. The fourth-order valence-electron chi connectivity index (χ4n) is 2.88. The van der Waals surface area contributed by atoms with Crippen LogP contribution in [0.2, 0.25) is 5.02 Å². The number of amides is 1. The molecule has 1 fully saturated rings. The van der Waals surface area contributed by atoms with Gasteiger partial charge in [-0.05, 0) is 26.1 Å². The molecule has 2 aromatic rings. The zero-order valence-corrected chi connectivity index (χ0v) is 15.6. The number of hydrogen-bond donors (Lipinski definition) is 2. The van der Waals surface area contributed by atoms with Crippen molar-refractivity contribution < 1.29 is 9.53 Å². The van der Waals surface area contributed by atoms with Crippen LogP contribution in [0.1, 0.15) is 16.1 Å². The molecule has 0 aliphatic carbocycles. The van der Waals surface area contributed by atoms with Gasteiger partial charge in [0.15, 0.2) is 0 Å². The lowest BCUT2D eigenvalue weighted by molar-refractivity contribution is -0.0175. The molecule has 1 unspecified atom stereocenters. The number of nitrogens with zero attached hydrogens (tertiary/aromatic N) is 3. The molecule has 26 heavy (non-hydrogen) atoms. The van der Waals surface area contributed by atoms with E-state index in [1.807, 2.05) is 13.1 Å². The minimum atomic E-state index is -0.168. The van der Waals surface area contributed by atoms with Crippen LogP contribution in [0.25, 0.3) is 11.3 Å². The summed E-state index contributed by atoms with van der Waals surface area (Å²) in [6, 6.07) is 7.12. The maximum absolute atomic E-state index is 12.5. The van der Waals surface area contributed by atoms with Crippen molar-refractivity contribution in [1.29, 1.82) is 0 Å². The number of anilines is 1. The van der Waals surface area contributed by atoms with Crippen molar-refractivity contribution in [2.24, 2.45) is 0 Å². The van der Waals surface area contributed by atoms with Crippen molar-refractivity contribution in [1.82, 2.24) is 20.2 Å². The molecule has 0 spiro atoms. The van der Waals surface area contributed by atoms with Gasteiger partial charge in [-0.1, -0.05) is 23.7 Å². The summed E-state index contributed by atoms with van der Waals surface area (Å²) >= 11 is 6.31. The number of aryl methyl sites for hydroxylation is 1. The number of halogens is 1. The monoisotopic (exact) mass is 375 g/mol. The number of nitrogen functional groups attached to an aromatic ring is 1. The van der Waals surface area contributed by atoms with Crippen LogP contribution in [-0.4, -0.2) is 60.2 Å². The molecule has 138 valence electrons. The number of nitrogens with one attached hydrogen (secondary N) is 1. The molecule has 2 heterocycles. The van der Waals surface area contributed by atoms with E-state index in [0.717, 1.165) is 13.1 Å². The van der Waals surface area contributed by atoms with Crippen molar-refractivity contribution in [3.63, 3.8) is 0 Å². The molecule has 8 heteroatoms. The van der Waals surface area contributed by atoms with Crippen molar-refractivity contribution in [3.8, 4) is 11.3 Å². The Kier molecular flexibility index (Phi) is 5.70. The Morgan fingerprint density at radius 1 is 1.46 bits per heavy atom. The van der Waals surface area contributed by atoms with Crippen LogP contribution in [-0.2, 0) is 4.74 Å². The maximum Gasteiger partial charge on any atom is 0.251 e. The summed E-state index contributed by atoms with van der Waals surface area (Å²) in [7, 11) is 2.04. The number of morpholine rings is 1. The molecule has 1 aromatic heterocycles. The lowest BCUT2D eigenvalue weighted by Gasteiger charge is -2.30. The van der Waals surface area contributed by atoms with Crippen LogP contribution in [0.4, 0.5) is 5.95 Å². The molecular formula is C18H22ClN5O2. The molecule has 3 N–H and O–H groups in total. The number of carbonyl (C=O) groups is 1. The summed E-state index contributed by atoms with van der Waals surface area (Å²) in [5.41, 5.74) is 8.09. The van der Waals surface area contributed by atoms with Gasteiger partial charge >= 0.3 is 0 Å². The Hall–Kier alpha value is -2.22. The highest BCUT2D eigenvalue weighted by molar-refractivity contribution is 6.33. The second-order valence-electron chi connectivity index (χ2n) is 6.38. The predicted octanol–water partition coefficient (Wildman–Crippen LogP) is 1.75. The summed E-state index contributed by atoms with van der Waals surface area (Å²) in [5, 5.41) is 3.35. The highest BCUT2D eigenvalue weighted by atomic mass is 35.5. The Morgan fingerprint density at radius 3 is 3.04 bits per heavy atom. The lowest BCUT2D eigenvalue weighted by atomic mass is 10.1. The molecule has 1 aliphatic heterocycles. The SMILES string of the molecule is Cc1nc(N)nc(-c2cccc(C(=O)NCC3CN(C)CCO3)c2)c1Cl. The van der Waals surface area contributed by atoms with Gasteiger partial charge in [0.25, 0.3) is 5.91 Å². The van der Waals surface area contributed by atoms with Crippen molar-refractivity contribution in [2.75, 3.05) is 39.0 Å². The van der Waals surface area contributed by atoms with E-state index in [4.69, 9.17) is 22.1 Å². The van der Waals surface area contributed by atoms with Crippen molar-refractivity contribution >= 4 is 23.5 Å². The highest BCUT2D eigenvalue weighted by Gasteiger charge is 2.19. The lowest BCUT2D eigenvalue weighted by Crippen LogP contribution is -2.45. The van der Waals surface area contributed by atoms with Gasteiger partial charge in [-0.3, -0.25) is 4.79 Å². The number of carbonyl (C=O) groups excluding carboxylic acids is 1. The molecule has 1 aliphatic rings. The summed E-state index contributed by atoms with van der Waals surface area (Å²) in [4.78, 5) is 22.9. The van der Waals surface area contributed by atoms with E-state index < -0.39 is 0 Å². The van der Waals surface area contributed by atoms with Gasteiger partial charge in [0, 0.05) is 30.8 Å². The first-order valence-electron chi connectivity index (χ1n) is 8.42. The van der Waals surface area contributed by atoms with Crippen LogP contribution >= 0.6 is 11.6 Å². The number of rotatable bonds is 4. The molecule has 0 bridgehead atoms. The fraction of sp³-hybridized carbons (Fsp3) is 0.389. The standard InChI is InChI=1S/C18H22ClN5O2/c1-11-15(19)16(23-18(20)22-11)12-4-3-5-13(8-12)17(25)21-9-14-10-24(2)6-7-26-14/h3-5,8,14H,6-7,9-10H2,1-2H3,(H,21,25)(H2,20,22,23). The zero-order valence-electron chi connectivity index (χ0n) is 14.8. The Morgan fingerprint density at radius 2 is 2.27 bits per heavy atom. The molecule has 0 saturated carbocycles. The molecule has 1 aromatic carbocycles. The maximum atomic E-state index is 12.5. The number of hydrogen-bond acceptors (Lipinski definition) is 6. The minimum absolute atomic E-state index is 0.000334. The fourth-order valence-corrected chi connectivity index (χ4v) is 3.07. The van der Waals surface area contributed by atoms with Crippen LogP contribution in [0, 0.1) is 6.92 Å². The van der Waals surface area contributed by atoms with Crippen LogP contribution in [0.3, 0.4) is 0 Å². The largest absolute Gasteiger partial charge is 0.374 e. The van der Waals surface area contributed by atoms with Gasteiger partial charge in [0.1, 0.15) is 0 Å². The molecule has 1 amide bonds. The van der Waals surface area contributed by atoms with Gasteiger partial charge in [-0.2, -0.15) is 0 Å². The molecular weight excluding hydrogens is 354 g/mol. The molecule has 7 nitrogen and oxygen atoms in total. The van der Waals surface area contributed by atoms with Crippen molar-refractivity contribution in [2.45, 2.75) is 13.0 Å². The molecule has 0 radical (unpaired) electrons. The normalized spacial score (nSPS) is 17.9. The van der Waals surface area contributed by atoms with E-state index >= 15 is 0 Å². The number of aromatic nitrogens is 2. The first kappa shape index (κ1) is 18.6. The van der Waals surface area contributed by atoms with Gasteiger partial charge in [-0.15, -0.1) is 0 Å². The van der Waals surface area contributed by atoms with Crippen LogP contribution < -0.4 is 11.1 Å². The second kappa shape index (κ2) is 7.99. The zero-order chi connectivity index (χ0) is 18.7. The Bertz CT molecular complexity index is 814. The highest BCUT2D eigenvalue weighted by Crippen LogP contribution is 2.29. The summed E-state index contributed by atoms with van der Waals surface area (Å²) in [5.74, 6) is -0.0196. The third-order valence-corrected chi connectivity index (χ3v) is 4.72. The van der Waals surface area contributed by atoms with Gasteiger partial charge in [0.05, 0.1) is 29.1 Å². The third-order valence-electron chi connectivity index (χ3n) is 4.26. The van der Waals surface area contributed by atoms with E-state index in [0.29, 0.717) is 40.7 Å². The average Bonchev–Trinajstić information content (AvgIpc) is 2.63. The van der Waals surface area contributed by atoms with E-state index in [-0.39, 0.29) is 18.0 Å². The topological polar surface area (TPSA) is 93.4 Å². The van der Waals surface area contributed by atoms with E-state index in [9.17, 15) is 4.79 Å². The van der Waals surface area contributed by atoms with E-state index in [1.165, 1.54) is 0 Å².